The van der Waals surface area contributed by atoms with E-state index in [-0.39, 0.29) is 0 Å². The van der Waals surface area contributed by atoms with E-state index in [0.29, 0.717) is 32.7 Å². The number of morpholine rings is 1. The SMILES string of the molecule is Cc1ccc(C[C@@H](C(=O)O)N2CCOCC2)cc1C. The van der Waals surface area contributed by atoms with Crippen LogP contribution in [-0.2, 0) is 16.0 Å². The smallest absolute Gasteiger partial charge is 0.321 e. The summed E-state index contributed by atoms with van der Waals surface area (Å²) in [6, 6.07) is 5.72. The van der Waals surface area contributed by atoms with Crippen LogP contribution in [0.2, 0.25) is 0 Å². The average molecular weight is 263 g/mol. The lowest BCUT2D eigenvalue weighted by Crippen LogP contribution is -2.48. The molecular weight excluding hydrogens is 242 g/mol. The Balaban J connectivity index is 2.11. The molecule has 1 fully saturated rings. The van der Waals surface area contributed by atoms with E-state index in [1.54, 1.807) is 0 Å². The van der Waals surface area contributed by atoms with Crippen LogP contribution in [0.15, 0.2) is 18.2 Å². The van der Waals surface area contributed by atoms with Crippen molar-refractivity contribution in [1.82, 2.24) is 4.90 Å². The van der Waals surface area contributed by atoms with Gasteiger partial charge in [-0.15, -0.1) is 0 Å². The number of carboxylic acid groups (broad SMARTS) is 1. The summed E-state index contributed by atoms with van der Waals surface area (Å²) >= 11 is 0. The highest BCUT2D eigenvalue weighted by Crippen LogP contribution is 2.15. The largest absolute Gasteiger partial charge is 0.480 e. The fourth-order valence-electron chi connectivity index (χ4n) is 2.42. The first-order valence-electron chi connectivity index (χ1n) is 6.68. The van der Waals surface area contributed by atoms with E-state index in [1.807, 2.05) is 11.0 Å². The van der Waals surface area contributed by atoms with Crippen LogP contribution in [0.1, 0.15) is 16.7 Å². The van der Waals surface area contributed by atoms with E-state index < -0.39 is 12.0 Å². The van der Waals surface area contributed by atoms with Crippen molar-refractivity contribution in [1.29, 1.82) is 0 Å². The maximum atomic E-state index is 11.5. The molecule has 104 valence electrons. The van der Waals surface area contributed by atoms with Gasteiger partial charge in [0.1, 0.15) is 6.04 Å². The summed E-state index contributed by atoms with van der Waals surface area (Å²) in [7, 11) is 0. The van der Waals surface area contributed by atoms with Crippen molar-refractivity contribution >= 4 is 5.97 Å². The molecule has 4 nitrogen and oxygen atoms in total. The van der Waals surface area contributed by atoms with Gasteiger partial charge < -0.3 is 9.84 Å². The number of nitrogens with zero attached hydrogens (tertiary/aromatic N) is 1. The summed E-state index contributed by atoms with van der Waals surface area (Å²) < 4.78 is 5.28. The molecule has 1 aliphatic heterocycles. The third-order valence-corrected chi connectivity index (χ3v) is 3.77. The first kappa shape index (κ1) is 14.0. The van der Waals surface area contributed by atoms with Crippen molar-refractivity contribution in [2.45, 2.75) is 26.3 Å². The monoisotopic (exact) mass is 263 g/mol. The maximum absolute atomic E-state index is 11.5. The van der Waals surface area contributed by atoms with Gasteiger partial charge in [-0.05, 0) is 37.0 Å². The van der Waals surface area contributed by atoms with E-state index in [9.17, 15) is 9.90 Å². The molecule has 1 aliphatic rings. The summed E-state index contributed by atoms with van der Waals surface area (Å²) in [6.07, 6.45) is 0.552. The second-order valence-corrected chi connectivity index (χ2v) is 5.13. The number of carboxylic acids is 1. The van der Waals surface area contributed by atoms with Gasteiger partial charge in [-0.3, -0.25) is 9.69 Å². The molecule has 0 aliphatic carbocycles. The summed E-state index contributed by atoms with van der Waals surface area (Å²) in [5, 5.41) is 9.43. The van der Waals surface area contributed by atoms with Crippen LogP contribution in [0, 0.1) is 13.8 Å². The normalized spacial score (nSPS) is 18.2. The molecule has 0 unspecified atom stereocenters. The van der Waals surface area contributed by atoms with Crippen LogP contribution in [0.5, 0.6) is 0 Å². The van der Waals surface area contributed by atoms with Crippen molar-refractivity contribution < 1.29 is 14.6 Å². The fourth-order valence-corrected chi connectivity index (χ4v) is 2.42. The predicted octanol–water partition coefficient (Wildman–Crippen LogP) is 1.63. The Labute approximate surface area is 114 Å². The third kappa shape index (κ3) is 3.55. The standard InChI is InChI=1S/C15H21NO3/c1-11-3-4-13(9-12(11)2)10-14(15(17)18)16-5-7-19-8-6-16/h3-4,9,14H,5-8,10H2,1-2H3,(H,17,18)/t14-/m0/s1. The quantitative estimate of drug-likeness (QED) is 0.897. The van der Waals surface area contributed by atoms with Crippen molar-refractivity contribution in [3.05, 3.63) is 34.9 Å². The fraction of sp³-hybridized carbons (Fsp3) is 0.533. The molecule has 1 saturated heterocycles. The topological polar surface area (TPSA) is 49.8 Å². The zero-order valence-corrected chi connectivity index (χ0v) is 11.6. The molecule has 1 N–H and O–H groups in total. The van der Waals surface area contributed by atoms with Crippen molar-refractivity contribution in [3.63, 3.8) is 0 Å². The summed E-state index contributed by atoms with van der Waals surface area (Å²) in [5.74, 6) is -0.750. The van der Waals surface area contributed by atoms with Crippen molar-refractivity contribution in [2.75, 3.05) is 26.3 Å². The Kier molecular flexibility index (Phi) is 4.56. The van der Waals surface area contributed by atoms with Gasteiger partial charge in [-0.25, -0.2) is 0 Å². The minimum atomic E-state index is -0.750. The van der Waals surface area contributed by atoms with Crippen LogP contribution in [0.4, 0.5) is 0 Å². The van der Waals surface area contributed by atoms with E-state index in [1.165, 1.54) is 11.1 Å². The molecular formula is C15H21NO3. The maximum Gasteiger partial charge on any atom is 0.321 e. The Hall–Kier alpha value is -1.39. The predicted molar refractivity (Wildman–Crippen MR) is 73.4 cm³/mol. The van der Waals surface area contributed by atoms with E-state index in [2.05, 4.69) is 26.0 Å². The van der Waals surface area contributed by atoms with Gasteiger partial charge >= 0.3 is 5.97 Å². The first-order valence-corrected chi connectivity index (χ1v) is 6.68. The highest BCUT2D eigenvalue weighted by atomic mass is 16.5. The Morgan fingerprint density at radius 2 is 2.00 bits per heavy atom. The zero-order chi connectivity index (χ0) is 13.8. The molecule has 0 amide bonds. The lowest BCUT2D eigenvalue weighted by Gasteiger charge is -2.32. The number of carbonyl (C=O) groups is 1. The third-order valence-electron chi connectivity index (χ3n) is 3.77. The number of ether oxygens (including phenoxy) is 1. The molecule has 19 heavy (non-hydrogen) atoms. The first-order chi connectivity index (χ1) is 9.08. The lowest BCUT2D eigenvalue weighted by atomic mass is 10.00. The van der Waals surface area contributed by atoms with Crippen LogP contribution in [0.25, 0.3) is 0 Å². The van der Waals surface area contributed by atoms with Gasteiger partial charge in [0.05, 0.1) is 13.2 Å². The summed E-state index contributed by atoms with van der Waals surface area (Å²) in [6.45, 7) is 6.76. The molecule has 0 saturated carbocycles. The van der Waals surface area contributed by atoms with Gasteiger partial charge in [-0.2, -0.15) is 0 Å². The highest BCUT2D eigenvalue weighted by Gasteiger charge is 2.27. The lowest BCUT2D eigenvalue weighted by molar-refractivity contribution is -0.145. The molecule has 1 atom stereocenters. The Morgan fingerprint density at radius 3 is 2.58 bits per heavy atom. The Bertz CT molecular complexity index is 453. The number of aryl methyl sites for hydroxylation is 2. The molecule has 0 spiro atoms. The van der Waals surface area contributed by atoms with E-state index in [4.69, 9.17) is 4.74 Å². The van der Waals surface area contributed by atoms with Gasteiger partial charge in [0.25, 0.3) is 0 Å². The number of rotatable bonds is 4. The average Bonchev–Trinajstić information content (AvgIpc) is 2.40. The molecule has 2 rings (SSSR count). The molecule has 1 aromatic rings. The Morgan fingerprint density at radius 1 is 1.32 bits per heavy atom. The van der Waals surface area contributed by atoms with Crippen LogP contribution in [0.3, 0.4) is 0 Å². The number of hydrogen-bond donors (Lipinski definition) is 1. The summed E-state index contributed by atoms with van der Waals surface area (Å²) in [4.78, 5) is 13.5. The minimum absolute atomic E-state index is 0.453. The number of aliphatic carboxylic acids is 1. The molecule has 4 heteroatoms. The summed E-state index contributed by atoms with van der Waals surface area (Å²) in [5.41, 5.74) is 3.53. The van der Waals surface area contributed by atoms with Crippen molar-refractivity contribution in [3.8, 4) is 0 Å². The van der Waals surface area contributed by atoms with Crippen LogP contribution < -0.4 is 0 Å². The van der Waals surface area contributed by atoms with Crippen LogP contribution in [-0.4, -0.2) is 48.3 Å². The second kappa shape index (κ2) is 6.17. The highest BCUT2D eigenvalue weighted by molar-refractivity contribution is 5.74. The van der Waals surface area contributed by atoms with Crippen molar-refractivity contribution in [2.24, 2.45) is 0 Å². The molecule has 0 bridgehead atoms. The van der Waals surface area contributed by atoms with E-state index in [0.717, 1.165) is 5.56 Å². The molecule has 1 heterocycles. The number of benzene rings is 1. The van der Waals surface area contributed by atoms with Gasteiger partial charge in [0.2, 0.25) is 0 Å². The minimum Gasteiger partial charge on any atom is -0.480 e. The second-order valence-electron chi connectivity index (χ2n) is 5.13. The van der Waals surface area contributed by atoms with E-state index >= 15 is 0 Å². The molecule has 1 aromatic carbocycles. The zero-order valence-electron chi connectivity index (χ0n) is 11.6. The number of hydrogen-bond acceptors (Lipinski definition) is 3. The van der Waals surface area contributed by atoms with Gasteiger partial charge in [-0.1, -0.05) is 18.2 Å². The van der Waals surface area contributed by atoms with Gasteiger partial charge in [0.15, 0.2) is 0 Å². The van der Waals surface area contributed by atoms with Gasteiger partial charge in [0, 0.05) is 13.1 Å². The van der Waals surface area contributed by atoms with Crippen LogP contribution >= 0.6 is 0 Å². The molecule has 0 radical (unpaired) electrons. The molecule has 0 aromatic heterocycles.